The summed E-state index contributed by atoms with van der Waals surface area (Å²) in [5, 5.41) is 9.01. The molecule has 3 rings (SSSR count). The standard InChI is InChI=1S/C19H18FNO4S/c1-26(23,24)16-10-6-14(7-11-16)19-18(13-4-8-15(20)9-5-13)21-17(25-19)3-2-12-22/h4-11,22H,2-3,12H2,1H3. The molecule has 0 saturated heterocycles. The van der Waals surface area contributed by atoms with Gasteiger partial charge in [-0.3, -0.25) is 0 Å². The summed E-state index contributed by atoms with van der Waals surface area (Å²) in [5.74, 6) is 0.585. The second-order valence-electron chi connectivity index (χ2n) is 5.92. The molecule has 7 heteroatoms. The average molecular weight is 375 g/mol. The SMILES string of the molecule is CS(=O)(=O)c1ccc(-c2oc(CCCO)nc2-c2ccc(F)cc2)cc1. The Bertz CT molecular complexity index is 993. The summed E-state index contributed by atoms with van der Waals surface area (Å²) in [6.45, 7) is 0.0205. The number of sulfone groups is 1. The van der Waals surface area contributed by atoms with Gasteiger partial charge in [-0.1, -0.05) is 0 Å². The summed E-state index contributed by atoms with van der Waals surface area (Å²) >= 11 is 0. The fourth-order valence-corrected chi connectivity index (χ4v) is 3.18. The zero-order chi connectivity index (χ0) is 18.7. The summed E-state index contributed by atoms with van der Waals surface area (Å²) in [6.07, 6.45) is 2.12. The molecule has 0 saturated carbocycles. The molecule has 0 amide bonds. The Hall–Kier alpha value is -2.51. The molecule has 5 nitrogen and oxygen atoms in total. The molecule has 0 radical (unpaired) electrons. The van der Waals surface area contributed by atoms with Gasteiger partial charge in [0.15, 0.2) is 21.5 Å². The number of aliphatic hydroxyl groups is 1. The lowest BCUT2D eigenvalue weighted by Gasteiger charge is -2.03. The Balaban J connectivity index is 2.06. The Morgan fingerprint density at radius 2 is 1.65 bits per heavy atom. The molecule has 1 N–H and O–H groups in total. The summed E-state index contributed by atoms with van der Waals surface area (Å²) < 4.78 is 42.3. The molecule has 0 aliphatic rings. The number of hydrogen-bond donors (Lipinski definition) is 1. The third-order valence-corrected chi connectivity index (χ3v) is 5.01. The highest BCUT2D eigenvalue weighted by Gasteiger charge is 2.18. The molecule has 0 unspecified atom stereocenters. The van der Waals surface area contributed by atoms with Gasteiger partial charge < -0.3 is 9.52 Å². The Morgan fingerprint density at radius 1 is 1.04 bits per heavy atom. The van der Waals surface area contributed by atoms with Crippen LogP contribution in [0.1, 0.15) is 12.3 Å². The van der Waals surface area contributed by atoms with Gasteiger partial charge in [0.05, 0.1) is 4.90 Å². The van der Waals surface area contributed by atoms with E-state index in [-0.39, 0.29) is 17.3 Å². The monoisotopic (exact) mass is 375 g/mol. The van der Waals surface area contributed by atoms with E-state index in [1.54, 1.807) is 24.3 Å². The van der Waals surface area contributed by atoms with Crippen LogP contribution < -0.4 is 0 Å². The van der Waals surface area contributed by atoms with Crippen LogP contribution in [0.3, 0.4) is 0 Å². The van der Waals surface area contributed by atoms with Gasteiger partial charge in [0.25, 0.3) is 0 Å². The van der Waals surface area contributed by atoms with Crippen molar-refractivity contribution in [2.75, 3.05) is 12.9 Å². The maximum absolute atomic E-state index is 13.2. The minimum absolute atomic E-state index is 0.0205. The van der Waals surface area contributed by atoms with E-state index < -0.39 is 9.84 Å². The number of aryl methyl sites for hydroxylation is 1. The minimum atomic E-state index is -3.29. The zero-order valence-corrected chi connectivity index (χ0v) is 15.0. The van der Waals surface area contributed by atoms with Crippen LogP contribution in [0, 0.1) is 5.82 Å². The number of aliphatic hydroxyl groups excluding tert-OH is 1. The highest BCUT2D eigenvalue weighted by molar-refractivity contribution is 7.90. The topological polar surface area (TPSA) is 80.4 Å². The van der Waals surface area contributed by atoms with Crippen LogP contribution >= 0.6 is 0 Å². The second-order valence-corrected chi connectivity index (χ2v) is 7.93. The zero-order valence-electron chi connectivity index (χ0n) is 14.1. The molecule has 2 aromatic carbocycles. The van der Waals surface area contributed by atoms with Crippen molar-refractivity contribution in [3.8, 4) is 22.6 Å². The van der Waals surface area contributed by atoms with Crippen molar-refractivity contribution in [2.24, 2.45) is 0 Å². The molecule has 1 aromatic heterocycles. The lowest BCUT2D eigenvalue weighted by Crippen LogP contribution is -1.96. The van der Waals surface area contributed by atoms with E-state index in [4.69, 9.17) is 9.52 Å². The van der Waals surface area contributed by atoms with E-state index in [0.29, 0.717) is 41.3 Å². The molecule has 1 heterocycles. The molecule has 136 valence electrons. The van der Waals surface area contributed by atoms with E-state index in [1.165, 1.54) is 24.3 Å². The van der Waals surface area contributed by atoms with E-state index >= 15 is 0 Å². The highest BCUT2D eigenvalue weighted by atomic mass is 32.2. The van der Waals surface area contributed by atoms with Gasteiger partial charge >= 0.3 is 0 Å². The number of oxazole rings is 1. The van der Waals surface area contributed by atoms with Gasteiger partial charge in [0, 0.05) is 30.4 Å². The maximum Gasteiger partial charge on any atom is 0.195 e. The smallest absolute Gasteiger partial charge is 0.195 e. The molecular formula is C19H18FNO4S. The molecule has 3 aromatic rings. The minimum Gasteiger partial charge on any atom is -0.440 e. The summed E-state index contributed by atoms with van der Waals surface area (Å²) in [5.41, 5.74) is 1.90. The normalized spacial score (nSPS) is 11.7. The van der Waals surface area contributed by atoms with E-state index in [1.807, 2.05) is 0 Å². The summed E-state index contributed by atoms with van der Waals surface area (Å²) in [7, 11) is -3.29. The fraction of sp³-hybridized carbons (Fsp3) is 0.211. The molecule has 0 bridgehead atoms. The van der Waals surface area contributed by atoms with Crippen molar-refractivity contribution >= 4 is 9.84 Å². The lowest BCUT2D eigenvalue weighted by molar-refractivity contribution is 0.283. The van der Waals surface area contributed by atoms with E-state index in [0.717, 1.165) is 6.26 Å². The van der Waals surface area contributed by atoms with Crippen molar-refractivity contribution in [1.82, 2.24) is 4.98 Å². The predicted octanol–water partition coefficient (Wildman–Crippen LogP) is 3.48. The van der Waals surface area contributed by atoms with Crippen molar-refractivity contribution in [3.63, 3.8) is 0 Å². The van der Waals surface area contributed by atoms with Crippen LogP contribution in [0.5, 0.6) is 0 Å². The first-order valence-electron chi connectivity index (χ1n) is 8.05. The summed E-state index contributed by atoms with van der Waals surface area (Å²) in [6, 6.07) is 12.2. The van der Waals surface area contributed by atoms with Gasteiger partial charge in [0.2, 0.25) is 0 Å². The quantitative estimate of drug-likeness (QED) is 0.713. The molecule has 0 atom stereocenters. The van der Waals surface area contributed by atoms with Gasteiger partial charge in [0.1, 0.15) is 11.5 Å². The van der Waals surface area contributed by atoms with Crippen LogP contribution in [0.2, 0.25) is 0 Å². The molecule has 0 spiro atoms. The first-order valence-corrected chi connectivity index (χ1v) is 9.94. The van der Waals surface area contributed by atoms with Crippen LogP contribution in [0.4, 0.5) is 4.39 Å². The summed E-state index contributed by atoms with van der Waals surface area (Å²) in [4.78, 5) is 4.69. The van der Waals surface area contributed by atoms with Crippen LogP contribution in [-0.2, 0) is 16.3 Å². The van der Waals surface area contributed by atoms with Gasteiger partial charge in [-0.2, -0.15) is 0 Å². The van der Waals surface area contributed by atoms with Gasteiger partial charge in [-0.05, 0) is 55.0 Å². The Kier molecular flexibility index (Phi) is 5.20. The number of rotatable bonds is 6. The number of aromatic nitrogens is 1. The third kappa shape index (κ3) is 4.00. The molecule has 0 aliphatic carbocycles. The van der Waals surface area contributed by atoms with Crippen molar-refractivity contribution in [1.29, 1.82) is 0 Å². The largest absolute Gasteiger partial charge is 0.440 e. The molecular weight excluding hydrogens is 357 g/mol. The number of halogens is 1. The van der Waals surface area contributed by atoms with Crippen LogP contribution in [0.15, 0.2) is 57.8 Å². The van der Waals surface area contributed by atoms with Crippen molar-refractivity contribution < 1.29 is 22.3 Å². The fourth-order valence-electron chi connectivity index (χ4n) is 2.55. The Labute approximate surface area is 151 Å². The van der Waals surface area contributed by atoms with E-state index in [9.17, 15) is 12.8 Å². The average Bonchev–Trinajstić information content (AvgIpc) is 3.04. The second kappa shape index (κ2) is 7.39. The number of benzene rings is 2. The maximum atomic E-state index is 13.2. The van der Waals surface area contributed by atoms with Crippen LogP contribution in [-0.4, -0.2) is 31.4 Å². The van der Waals surface area contributed by atoms with Gasteiger partial charge in [-0.15, -0.1) is 0 Å². The highest BCUT2D eigenvalue weighted by Crippen LogP contribution is 2.33. The molecule has 26 heavy (non-hydrogen) atoms. The number of hydrogen-bond acceptors (Lipinski definition) is 5. The third-order valence-electron chi connectivity index (χ3n) is 3.88. The molecule has 0 fully saturated rings. The Morgan fingerprint density at radius 3 is 2.23 bits per heavy atom. The first kappa shape index (κ1) is 18.3. The van der Waals surface area contributed by atoms with Gasteiger partial charge in [-0.25, -0.2) is 17.8 Å². The van der Waals surface area contributed by atoms with E-state index in [2.05, 4.69) is 4.98 Å². The first-order chi connectivity index (χ1) is 12.4. The number of nitrogens with zero attached hydrogens (tertiary/aromatic N) is 1. The van der Waals surface area contributed by atoms with Crippen molar-refractivity contribution in [2.45, 2.75) is 17.7 Å². The predicted molar refractivity (Wildman–Crippen MR) is 95.8 cm³/mol. The lowest BCUT2D eigenvalue weighted by atomic mass is 10.1. The van der Waals surface area contributed by atoms with Crippen LogP contribution in [0.25, 0.3) is 22.6 Å². The molecule has 0 aliphatic heterocycles. The van der Waals surface area contributed by atoms with Crippen molar-refractivity contribution in [3.05, 3.63) is 60.2 Å².